The van der Waals surface area contributed by atoms with Gasteiger partial charge in [-0.2, -0.15) is 0 Å². The van der Waals surface area contributed by atoms with Gasteiger partial charge in [0.15, 0.2) is 5.96 Å². The molecule has 0 saturated heterocycles. The fraction of sp³-hybridized carbons (Fsp3) is 0.647. The molecule has 0 unspecified atom stereocenters. The summed E-state index contributed by atoms with van der Waals surface area (Å²) in [7, 11) is 0. The lowest BCUT2D eigenvalue weighted by molar-refractivity contribution is 0.131. The number of nitrogens with one attached hydrogen (secondary N) is 2. The van der Waals surface area contributed by atoms with Gasteiger partial charge in [-0.1, -0.05) is 19.4 Å². The molecular formula is C17H28N4. The summed E-state index contributed by atoms with van der Waals surface area (Å²) in [6.07, 6.45) is 5.31. The van der Waals surface area contributed by atoms with E-state index in [0.29, 0.717) is 12.0 Å². The van der Waals surface area contributed by atoms with E-state index in [2.05, 4.69) is 34.5 Å². The van der Waals surface area contributed by atoms with E-state index in [9.17, 15) is 0 Å². The highest BCUT2D eigenvalue weighted by Gasteiger charge is 2.34. The molecule has 4 heteroatoms. The van der Waals surface area contributed by atoms with Crippen molar-refractivity contribution < 1.29 is 0 Å². The van der Waals surface area contributed by atoms with Gasteiger partial charge in [-0.15, -0.1) is 0 Å². The second kappa shape index (κ2) is 7.43. The van der Waals surface area contributed by atoms with Crippen LogP contribution in [-0.2, 0) is 6.54 Å². The first-order valence-corrected chi connectivity index (χ1v) is 8.12. The minimum atomic E-state index is 0.498. The van der Waals surface area contributed by atoms with Gasteiger partial charge in [-0.3, -0.25) is 4.98 Å². The topological polar surface area (TPSA) is 49.3 Å². The fourth-order valence-electron chi connectivity index (χ4n) is 2.79. The van der Waals surface area contributed by atoms with Crippen LogP contribution in [0.25, 0.3) is 0 Å². The third-order valence-corrected chi connectivity index (χ3v) is 4.48. The molecule has 1 aliphatic carbocycles. The summed E-state index contributed by atoms with van der Waals surface area (Å²) in [6.45, 7) is 8.93. The van der Waals surface area contributed by atoms with E-state index in [1.807, 2.05) is 25.1 Å². The van der Waals surface area contributed by atoms with Crippen LogP contribution in [0.1, 0.15) is 50.9 Å². The predicted molar refractivity (Wildman–Crippen MR) is 88.4 cm³/mol. The Balaban J connectivity index is 1.92. The molecule has 2 N–H and O–H groups in total. The molecule has 1 aliphatic rings. The van der Waals surface area contributed by atoms with E-state index in [4.69, 9.17) is 0 Å². The first-order valence-electron chi connectivity index (χ1n) is 8.12. The lowest BCUT2D eigenvalue weighted by Crippen LogP contribution is -2.46. The van der Waals surface area contributed by atoms with Gasteiger partial charge >= 0.3 is 0 Å². The maximum Gasteiger partial charge on any atom is 0.191 e. The Hall–Kier alpha value is -1.58. The monoisotopic (exact) mass is 288 g/mol. The normalized spacial score (nSPS) is 17.2. The van der Waals surface area contributed by atoms with Crippen molar-refractivity contribution in [2.45, 2.75) is 53.0 Å². The summed E-state index contributed by atoms with van der Waals surface area (Å²) in [5.74, 6) is 0.903. The molecule has 2 rings (SSSR count). The van der Waals surface area contributed by atoms with Crippen LogP contribution in [0.3, 0.4) is 0 Å². The molecule has 0 aromatic carbocycles. The number of aryl methyl sites for hydroxylation is 1. The summed E-state index contributed by atoms with van der Waals surface area (Å²) in [5, 5.41) is 6.83. The first-order chi connectivity index (χ1) is 10.2. The van der Waals surface area contributed by atoms with Gasteiger partial charge < -0.3 is 10.6 Å². The van der Waals surface area contributed by atoms with Crippen molar-refractivity contribution in [3.63, 3.8) is 0 Å². The summed E-state index contributed by atoms with van der Waals surface area (Å²) in [6, 6.07) is 6.08. The van der Waals surface area contributed by atoms with Crippen molar-refractivity contribution in [2.75, 3.05) is 13.1 Å². The molecule has 0 radical (unpaired) electrons. The zero-order chi connectivity index (χ0) is 15.1. The molecule has 1 heterocycles. The highest BCUT2D eigenvalue weighted by molar-refractivity contribution is 5.79. The van der Waals surface area contributed by atoms with Crippen LogP contribution in [0.4, 0.5) is 0 Å². The molecule has 0 amide bonds. The number of pyridine rings is 1. The molecule has 0 aliphatic heterocycles. The largest absolute Gasteiger partial charge is 0.357 e. The van der Waals surface area contributed by atoms with Crippen molar-refractivity contribution in [3.05, 3.63) is 29.6 Å². The lowest BCUT2D eigenvalue weighted by Gasteiger charge is -2.41. The Kier molecular flexibility index (Phi) is 5.59. The summed E-state index contributed by atoms with van der Waals surface area (Å²) in [5.41, 5.74) is 2.55. The molecule has 1 aromatic heterocycles. The Morgan fingerprint density at radius 3 is 2.67 bits per heavy atom. The summed E-state index contributed by atoms with van der Waals surface area (Å²) in [4.78, 5) is 9.15. The number of guanidine groups is 1. The van der Waals surface area contributed by atoms with Crippen molar-refractivity contribution in [1.29, 1.82) is 0 Å². The predicted octanol–water partition coefficient (Wildman–Crippen LogP) is 3.03. The van der Waals surface area contributed by atoms with E-state index in [1.165, 1.54) is 25.7 Å². The van der Waals surface area contributed by atoms with Crippen LogP contribution in [0.2, 0.25) is 0 Å². The minimum absolute atomic E-state index is 0.498. The average molecular weight is 288 g/mol. The number of aromatic nitrogens is 1. The quantitative estimate of drug-likeness (QED) is 0.625. The van der Waals surface area contributed by atoms with Crippen molar-refractivity contribution in [1.82, 2.24) is 15.6 Å². The number of aliphatic imine (C=N–C) groups is 1. The van der Waals surface area contributed by atoms with Crippen LogP contribution < -0.4 is 10.6 Å². The molecular weight excluding hydrogens is 260 g/mol. The van der Waals surface area contributed by atoms with Gasteiger partial charge in [0.25, 0.3) is 0 Å². The van der Waals surface area contributed by atoms with E-state index in [1.54, 1.807) is 0 Å². The van der Waals surface area contributed by atoms with Gasteiger partial charge in [0.2, 0.25) is 0 Å². The van der Waals surface area contributed by atoms with E-state index >= 15 is 0 Å². The Morgan fingerprint density at radius 1 is 1.29 bits per heavy atom. The second-order valence-electron chi connectivity index (χ2n) is 6.03. The van der Waals surface area contributed by atoms with Gasteiger partial charge in [0, 0.05) is 18.8 Å². The zero-order valence-corrected chi connectivity index (χ0v) is 13.6. The smallest absolute Gasteiger partial charge is 0.191 e. The minimum Gasteiger partial charge on any atom is -0.357 e. The number of nitrogens with zero attached hydrogens (tertiary/aromatic N) is 2. The van der Waals surface area contributed by atoms with Crippen molar-refractivity contribution in [2.24, 2.45) is 10.4 Å². The number of hydrogen-bond acceptors (Lipinski definition) is 2. The van der Waals surface area contributed by atoms with Gasteiger partial charge in [0.1, 0.15) is 0 Å². The van der Waals surface area contributed by atoms with E-state index in [-0.39, 0.29) is 0 Å². The van der Waals surface area contributed by atoms with Crippen LogP contribution in [0.5, 0.6) is 0 Å². The van der Waals surface area contributed by atoms with Crippen LogP contribution in [0.15, 0.2) is 23.2 Å². The average Bonchev–Trinajstić information content (AvgIpc) is 2.44. The molecule has 0 bridgehead atoms. The van der Waals surface area contributed by atoms with E-state index in [0.717, 1.165) is 30.4 Å². The van der Waals surface area contributed by atoms with Gasteiger partial charge in [-0.05, 0) is 50.7 Å². The zero-order valence-electron chi connectivity index (χ0n) is 13.6. The van der Waals surface area contributed by atoms with Crippen LogP contribution in [-0.4, -0.2) is 24.0 Å². The second-order valence-corrected chi connectivity index (χ2v) is 6.03. The molecule has 4 nitrogen and oxygen atoms in total. The highest BCUT2D eigenvalue weighted by atomic mass is 15.2. The third-order valence-electron chi connectivity index (χ3n) is 4.48. The molecule has 116 valence electrons. The molecule has 0 spiro atoms. The molecule has 1 fully saturated rings. The Labute approximate surface area is 128 Å². The maximum absolute atomic E-state index is 4.65. The summed E-state index contributed by atoms with van der Waals surface area (Å²) < 4.78 is 0. The Bertz CT molecular complexity index is 472. The number of hydrogen-bond donors (Lipinski definition) is 2. The van der Waals surface area contributed by atoms with Gasteiger partial charge in [0.05, 0.1) is 12.2 Å². The number of rotatable bonds is 6. The third kappa shape index (κ3) is 4.45. The standard InChI is InChI=1S/C17H28N4/c1-4-17(10-7-11-17)13-20-16(18-5-2)19-12-15-9-6-8-14(3)21-15/h6,8-9H,4-5,7,10-13H2,1-3H3,(H2,18,19,20). The highest BCUT2D eigenvalue weighted by Crippen LogP contribution is 2.42. The van der Waals surface area contributed by atoms with Crippen LogP contribution in [0, 0.1) is 12.3 Å². The molecule has 21 heavy (non-hydrogen) atoms. The SMILES string of the molecule is CCNC(=NCc1cccc(C)n1)NCC1(CC)CCC1. The molecule has 1 saturated carbocycles. The summed E-state index contributed by atoms with van der Waals surface area (Å²) >= 11 is 0. The van der Waals surface area contributed by atoms with Crippen molar-refractivity contribution >= 4 is 5.96 Å². The molecule has 0 atom stereocenters. The van der Waals surface area contributed by atoms with E-state index < -0.39 is 0 Å². The first kappa shape index (κ1) is 15.8. The maximum atomic E-state index is 4.65. The van der Waals surface area contributed by atoms with Crippen LogP contribution >= 0.6 is 0 Å². The molecule has 1 aromatic rings. The Morgan fingerprint density at radius 2 is 2.10 bits per heavy atom. The lowest BCUT2D eigenvalue weighted by atomic mass is 9.67. The fourth-order valence-corrected chi connectivity index (χ4v) is 2.79. The van der Waals surface area contributed by atoms with Gasteiger partial charge in [-0.25, -0.2) is 4.99 Å². The van der Waals surface area contributed by atoms with Crippen molar-refractivity contribution in [3.8, 4) is 0 Å².